The Bertz CT molecular complexity index is 139. The summed E-state index contributed by atoms with van der Waals surface area (Å²) in [6.45, 7) is 0. The minimum Gasteiger partial charge on any atom is -0.158 e. The molecule has 4 unspecified atom stereocenters. The molecule has 3 fully saturated rings. The lowest BCUT2D eigenvalue weighted by Gasteiger charge is -2.22. The Morgan fingerprint density at radius 3 is 2.80 bits per heavy atom. The molecule has 2 bridgehead atoms. The largest absolute Gasteiger partial charge is 0.158 e. The van der Waals surface area contributed by atoms with Crippen molar-refractivity contribution in [2.45, 2.75) is 30.9 Å². The predicted molar refractivity (Wildman–Crippen MR) is 45.2 cm³/mol. The number of rotatable bonds is 0. The molecule has 0 aromatic carbocycles. The van der Waals surface area contributed by atoms with Crippen molar-refractivity contribution >= 4 is 11.8 Å². The molecule has 0 N–H and O–H groups in total. The van der Waals surface area contributed by atoms with Gasteiger partial charge in [-0.15, -0.1) is 0 Å². The van der Waals surface area contributed by atoms with Crippen LogP contribution in [0, 0.1) is 17.8 Å². The van der Waals surface area contributed by atoms with Gasteiger partial charge in [0.25, 0.3) is 0 Å². The van der Waals surface area contributed by atoms with Crippen LogP contribution in [0.2, 0.25) is 0 Å². The van der Waals surface area contributed by atoms with E-state index in [0.29, 0.717) is 0 Å². The Labute approximate surface area is 66.8 Å². The summed E-state index contributed by atoms with van der Waals surface area (Å²) < 4.78 is 0. The van der Waals surface area contributed by atoms with E-state index >= 15 is 0 Å². The maximum Gasteiger partial charge on any atom is 0.0107 e. The van der Waals surface area contributed by atoms with Crippen LogP contribution in [0.4, 0.5) is 0 Å². The molecule has 1 saturated heterocycles. The fourth-order valence-corrected chi connectivity index (χ4v) is 5.16. The third-order valence-electron chi connectivity index (χ3n) is 3.77. The molecule has 0 spiro atoms. The maximum atomic E-state index is 2.28. The molecule has 3 rings (SSSR count). The molecule has 2 aliphatic carbocycles. The molecule has 1 heteroatoms. The molecule has 0 amide bonds. The van der Waals surface area contributed by atoms with Crippen LogP contribution < -0.4 is 0 Å². The summed E-state index contributed by atoms with van der Waals surface area (Å²) in [4.78, 5) is 0. The van der Waals surface area contributed by atoms with Crippen molar-refractivity contribution < 1.29 is 0 Å². The quantitative estimate of drug-likeness (QED) is 0.516. The molecule has 0 aromatic heterocycles. The monoisotopic (exact) mass is 154 g/mol. The van der Waals surface area contributed by atoms with Gasteiger partial charge in [-0.25, -0.2) is 0 Å². The van der Waals surface area contributed by atoms with Crippen LogP contribution in [0.1, 0.15) is 25.7 Å². The first-order valence-electron chi connectivity index (χ1n) is 4.57. The highest BCUT2D eigenvalue weighted by molar-refractivity contribution is 8.00. The van der Waals surface area contributed by atoms with Crippen molar-refractivity contribution in [2.24, 2.45) is 17.8 Å². The third-order valence-corrected chi connectivity index (χ3v) is 5.36. The van der Waals surface area contributed by atoms with Gasteiger partial charge in [0, 0.05) is 5.25 Å². The highest BCUT2D eigenvalue weighted by atomic mass is 32.2. The highest BCUT2D eigenvalue weighted by Crippen LogP contribution is 2.57. The molecule has 0 radical (unpaired) electrons. The van der Waals surface area contributed by atoms with E-state index in [1.54, 1.807) is 25.7 Å². The molecule has 56 valence electrons. The van der Waals surface area contributed by atoms with Crippen LogP contribution >= 0.6 is 11.8 Å². The first-order chi connectivity index (χ1) is 4.95. The van der Waals surface area contributed by atoms with Crippen molar-refractivity contribution in [1.82, 2.24) is 0 Å². The van der Waals surface area contributed by atoms with Gasteiger partial charge in [0.2, 0.25) is 0 Å². The molecule has 0 aromatic rings. The normalized spacial score (nSPS) is 57.6. The Kier molecular flexibility index (Phi) is 1.15. The molecular formula is C9H14S. The zero-order valence-electron chi connectivity index (χ0n) is 6.25. The van der Waals surface area contributed by atoms with Gasteiger partial charge in [0.1, 0.15) is 0 Å². The second kappa shape index (κ2) is 1.94. The van der Waals surface area contributed by atoms with Gasteiger partial charge in [-0.3, -0.25) is 0 Å². The molecule has 4 atom stereocenters. The Hall–Kier alpha value is 0.350. The van der Waals surface area contributed by atoms with E-state index in [1.165, 1.54) is 17.6 Å². The smallest absolute Gasteiger partial charge is 0.0107 e. The fraction of sp³-hybridized carbons (Fsp3) is 1.00. The van der Waals surface area contributed by atoms with E-state index in [2.05, 4.69) is 11.8 Å². The van der Waals surface area contributed by atoms with Gasteiger partial charge < -0.3 is 0 Å². The molecule has 0 nitrogen and oxygen atoms in total. The summed E-state index contributed by atoms with van der Waals surface area (Å²) in [5.41, 5.74) is 0. The standard InChI is InChI=1S/C9H14S/c1-2-7-5-6(1)8-3-4-10-9(7)8/h6-9H,1-5H2. The summed E-state index contributed by atoms with van der Waals surface area (Å²) in [6.07, 6.45) is 6.30. The number of hydrogen-bond donors (Lipinski definition) is 0. The van der Waals surface area contributed by atoms with Gasteiger partial charge in [-0.1, -0.05) is 0 Å². The Morgan fingerprint density at radius 2 is 1.90 bits per heavy atom. The van der Waals surface area contributed by atoms with Gasteiger partial charge in [-0.2, -0.15) is 11.8 Å². The summed E-state index contributed by atoms with van der Waals surface area (Å²) >= 11 is 2.28. The molecule has 1 aliphatic heterocycles. The van der Waals surface area contributed by atoms with Gasteiger partial charge in [0.15, 0.2) is 0 Å². The number of hydrogen-bond acceptors (Lipinski definition) is 1. The lowest BCUT2D eigenvalue weighted by atomic mass is 9.87. The van der Waals surface area contributed by atoms with E-state index in [1.807, 2.05) is 0 Å². The highest BCUT2D eigenvalue weighted by Gasteiger charge is 2.49. The summed E-state index contributed by atoms with van der Waals surface area (Å²) in [7, 11) is 0. The SMILES string of the molecule is C1CC2C3CCC(C3)C2S1. The lowest BCUT2D eigenvalue weighted by Crippen LogP contribution is -2.19. The average Bonchev–Trinajstić information content (AvgIpc) is 2.60. The van der Waals surface area contributed by atoms with Crippen LogP contribution in [0.5, 0.6) is 0 Å². The zero-order chi connectivity index (χ0) is 6.55. The van der Waals surface area contributed by atoms with E-state index < -0.39 is 0 Å². The van der Waals surface area contributed by atoms with E-state index in [9.17, 15) is 0 Å². The van der Waals surface area contributed by atoms with E-state index in [4.69, 9.17) is 0 Å². The maximum absolute atomic E-state index is 2.28. The predicted octanol–water partition coefficient (Wildman–Crippen LogP) is 2.54. The minimum absolute atomic E-state index is 1.12. The van der Waals surface area contributed by atoms with Crippen LogP contribution in [-0.2, 0) is 0 Å². The van der Waals surface area contributed by atoms with Crippen molar-refractivity contribution in [1.29, 1.82) is 0 Å². The second-order valence-corrected chi connectivity index (χ2v) is 5.41. The minimum atomic E-state index is 1.12. The topological polar surface area (TPSA) is 0 Å². The third kappa shape index (κ3) is 0.603. The van der Waals surface area contributed by atoms with Crippen LogP contribution in [0.15, 0.2) is 0 Å². The zero-order valence-corrected chi connectivity index (χ0v) is 7.07. The van der Waals surface area contributed by atoms with E-state index in [-0.39, 0.29) is 0 Å². The van der Waals surface area contributed by atoms with Crippen LogP contribution in [0.25, 0.3) is 0 Å². The summed E-state index contributed by atoms with van der Waals surface area (Å²) in [6, 6.07) is 0. The van der Waals surface area contributed by atoms with Crippen LogP contribution in [-0.4, -0.2) is 11.0 Å². The summed E-state index contributed by atoms with van der Waals surface area (Å²) in [5, 5.41) is 1.12. The Morgan fingerprint density at radius 1 is 1.00 bits per heavy atom. The van der Waals surface area contributed by atoms with Crippen LogP contribution in [0.3, 0.4) is 0 Å². The van der Waals surface area contributed by atoms with Gasteiger partial charge in [0.05, 0.1) is 0 Å². The molecule has 2 saturated carbocycles. The summed E-state index contributed by atoms with van der Waals surface area (Å²) in [5.74, 6) is 4.97. The number of fused-ring (bicyclic) bond motifs is 5. The average molecular weight is 154 g/mol. The fourth-order valence-electron chi connectivity index (χ4n) is 3.36. The van der Waals surface area contributed by atoms with Crippen molar-refractivity contribution in [3.63, 3.8) is 0 Å². The van der Waals surface area contributed by atoms with Gasteiger partial charge in [-0.05, 0) is 49.2 Å². The first kappa shape index (κ1) is 5.93. The lowest BCUT2D eigenvalue weighted by molar-refractivity contribution is 0.350. The second-order valence-electron chi connectivity index (χ2n) is 4.12. The van der Waals surface area contributed by atoms with Gasteiger partial charge >= 0.3 is 0 Å². The molecule has 3 aliphatic rings. The first-order valence-corrected chi connectivity index (χ1v) is 5.61. The van der Waals surface area contributed by atoms with Crippen molar-refractivity contribution in [3.8, 4) is 0 Å². The molecule has 1 heterocycles. The molecular weight excluding hydrogens is 140 g/mol. The molecule has 10 heavy (non-hydrogen) atoms. The van der Waals surface area contributed by atoms with E-state index in [0.717, 1.165) is 11.2 Å². The Balaban J connectivity index is 1.92. The van der Waals surface area contributed by atoms with Crippen molar-refractivity contribution in [3.05, 3.63) is 0 Å². The number of thioether (sulfide) groups is 1. The van der Waals surface area contributed by atoms with Crippen molar-refractivity contribution in [2.75, 3.05) is 5.75 Å².